The molecule has 2 aliphatic rings. The molecule has 1 atom stereocenters. The van der Waals surface area contributed by atoms with E-state index in [1.165, 1.54) is 0 Å². The van der Waals surface area contributed by atoms with Crippen molar-refractivity contribution in [2.75, 3.05) is 36.4 Å². The summed E-state index contributed by atoms with van der Waals surface area (Å²) < 4.78 is 5.49. The van der Waals surface area contributed by atoms with Gasteiger partial charge in [0.25, 0.3) is 5.91 Å². The lowest BCUT2D eigenvalue weighted by molar-refractivity contribution is 0.102. The Morgan fingerprint density at radius 1 is 1.23 bits per heavy atom. The molecule has 3 N–H and O–H groups in total. The molecule has 160 valence electrons. The normalized spacial score (nSPS) is 18.5. The van der Waals surface area contributed by atoms with Gasteiger partial charge in [0.15, 0.2) is 0 Å². The third-order valence-electron chi connectivity index (χ3n) is 5.37. The highest BCUT2D eigenvalue weighted by Gasteiger charge is 2.24. The molecule has 3 amide bonds. The van der Waals surface area contributed by atoms with E-state index in [9.17, 15) is 14.4 Å². The number of hydrogen-bond acceptors (Lipinski definition) is 5. The number of amides is 3. The Morgan fingerprint density at radius 3 is 2.73 bits per heavy atom. The van der Waals surface area contributed by atoms with E-state index in [1.807, 2.05) is 0 Å². The van der Waals surface area contributed by atoms with Crippen molar-refractivity contribution in [3.05, 3.63) is 57.6 Å². The van der Waals surface area contributed by atoms with Gasteiger partial charge in [-0.25, -0.2) is 9.59 Å². The molecule has 2 aliphatic heterocycles. The van der Waals surface area contributed by atoms with Gasteiger partial charge in [0.2, 0.25) is 0 Å². The lowest BCUT2D eigenvalue weighted by Gasteiger charge is -2.22. The van der Waals surface area contributed by atoms with Crippen LogP contribution >= 0.6 is 12.4 Å². The van der Waals surface area contributed by atoms with E-state index in [0.29, 0.717) is 35.8 Å². The molecule has 2 saturated heterocycles. The van der Waals surface area contributed by atoms with Gasteiger partial charge in [0, 0.05) is 36.9 Å². The van der Waals surface area contributed by atoms with Crippen LogP contribution in [0.4, 0.5) is 16.2 Å². The Bertz CT molecular complexity index is 1000. The lowest BCUT2D eigenvalue weighted by Crippen LogP contribution is -2.30. The number of carbonyl (C=O) groups is 2. The van der Waals surface area contributed by atoms with Gasteiger partial charge in [-0.3, -0.25) is 9.69 Å². The van der Waals surface area contributed by atoms with E-state index < -0.39 is 11.5 Å². The first kappa shape index (κ1) is 21.9. The molecule has 1 aromatic carbocycles. The summed E-state index contributed by atoms with van der Waals surface area (Å²) in [4.78, 5) is 38.8. The number of aryl methyl sites for hydroxylation is 1. The summed E-state index contributed by atoms with van der Waals surface area (Å²) in [5.41, 5.74) is 1.16. The summed E-state index contributed by atoms with van der Waals surface area (Å²) in [6.45, 7) is 4.63. The van der Waals surface area contributed by atoms with Crippen LogP contribution in [-0.2, 0) is 0 Å². The molecule has 0 aliphatic carbocycles. The largest absolute Gasteiger partial charge is 0.427 e. The molecule has 3 heterocycles. The van der Waals surface area contributed by atoms with Crippen LogP contribution in [0.15, 0.2) is 39.5 Å². The molecule has 0 spiro atoms. The number of nitrogens with zero attached hydrogens (tertiary/aromatic N) is 1. The topological polar surface area (TPSA) is 104 Å². The van der Waals surface area contributed by atoms with E-state index in [-0.39, 0.29) is 29.9 Å². The van der Waals surface area contributed by atoms with Gasteiger partial charge < -0.3 is 20.4 Å². The molecule has 0 saturated carbocycles. The van der Waals surface area contributed by atoms with Crippen molar-refractivity contribution >= 4 is 35.7 Å². The average Bonchev–Trinajstić information content (AvgIpc) is 3.14. The second kappa shape index (κ2) is 9.32. The van der Waals surface area contributed by atoms with Crippen molar-refractivity contribution in [2.45, 2.75) is 25.7 Å². The van der Waals surface area contributed by atoms with E-state index in [1.54, 1.807) is 42.2 Å². The highest BCUT2D eigenvalue weighted by atomic mass is 35.5. The van der Waals surface area contributed by atoms with Crippen molar-refractivity contribution in [2.24, 2.45) is 0 Å². The molecule has 2 aromatic rings. The molecule has 30 heavy (non-hydrogen) atoms. The second-order valence-electron chi connectivity index (χ2n) is 7.43. The number of hydrogen-bond donors (Lipinski definition) is 3. The van der Waals surface area contributed by atoms with Gasteiger partial charge in [-0.1, -0.05) is 6.07 Å². The first-order valence-corrected chi connectivity index (χ1v) is 9.85. The van der Waals surface area contributed by atoms with Gasteiger partial charge >= 0.3 is 11.7 Å². The molecule has 4 rings (SSSR count). The average molecular weight is 433 g/mol. The Balaban J connectivity index is 0.00000256. The smallest absolute Gasteiger partial charge is 0.349 e. The fourth-order valence-corrected chi connectivity index (χ4v) is 3.86. The summed E-state index contributed by atoms with van der Waals surface area (Å²) >= 11 is 0. The Labute approximate surface area is 180 Å². The summed E-state index contributed by atoms with van der Waals surface area (Å²) in [5, 5.41) is 8.79. The zero-order chi connectivity index (χ0) is 20.4. The number of nitrogens with one attached hydrogen (secondary N) is 3. The predicted molar refractivity (Wildman–Crippen MR) is 117 cm³/mol. The lowest BCUT2D eigenvalue weighted by atomic mass is 9.95. The van der Waals surface area contributed by atoms with Gasteiger partial charge in [0.1, 0.15) is 11.3 Å². The number of carbonyl (C=O) groups excluding carboxylic acids is 2. The molecule has 0 bridgehead atoms. The fraction of sp³-hybridized carbons (Fsp3) is 0.381. The Morgan fingerprint density at radius 2 is 2.07 bits per heavy atom. The van der Waals surface area contributed by atoms with Crippen LogP contribution in [0.5, 0.6) is 0 Å². The summed E-state index contributed by atoms with van der Waals surface area (Å²) in [6, 6.07) is 8.60. The third-order valence-corrected chi connectivity index (χ3v) is 5.37. The maximum atomic E-state index is 12.8. The molecule has 1 unspecified atom stereocenters. The first-order valence-electron chi connectivity index (χ1n) is 9.85. The monoisotopic (exact) mass is 432 g/mol. The van der Waals surface area contributed by atoms with E-state index in [0.717, 1.165) is 25.9 Å². The third kappa shape index (κ3) is 4.49. The Kier molecular flexibility index (Phi) is 6.79. The van der Waals surface area contributed by atoms with Crippen LogP contribution in [0.1, 0.15) is 40.4 Å². The van der Waals surface area contributed by atoms with Crippen LogP contribution in [0.25, 0.3) is 0 Å². The van der Waals surface area contributed by atoms with Crippen LogP contribution in [0, 0.1) is 6.92 Å². The molecular weight excluding hydrogens is 408 g/mol. The standard InChI is InChI=1S/C21H24N4O4.ClH/c1-13-10-17(14-4-3-7-22-12-14)29-20(27)18(13)19(26)24-15-5-2-6-16(11-15)25-9-8-23-21(25)28;/h2,5-6,10-11,14,22H,3-4,7-9,12H2,1H3,(H,23,28)(H,24,26);1H. The van der Waals surface area contributed by atoms with Crippen LogP contribution < -0.4 is 26.5 Å². The predicted octanol–water partition coefficient (Wildman–Crippen LogP) is 2.62. The van der Waals surface area contributed by atoms with Crippen molar-refractivity contribution < 1.29 is 14.0 Å². The van der Waals surface area contributed by atoms with Crippen LogP contribution in [0.3, 0.4) is 0 Å². The molecular formula is C21H25ClN4O4. The highest BCUT2D eigenvalue weighted by Crippen LogP contribution is 2.25. The quantitative estimate of drug-likeness (QED) is 0.689. The molecule has 2 fully saturated rings. The fourth-order valence-electron chi connectivity index (χ4n) is 3.86. The number of benzene rings is 1. The van der Waals surface area contributed by atoms with Crippen molar-refractivity contribution in [3.8, 4) is 0 Å². The SMILES string of the molecule is Cc1cc(C2CCCNC2)oc(=O)c1C(=O)Nc1cccc(N2CCNC2=O)c1.Cl. The minimum Gasteiger partial charge on any atom is -0.427 e. The number of rotatable bonds is 4. The van der Waals surface area contributed by atoms with Crippen molar-refractivity contribution in [3.63, 3.8) is 0 Å². The van der Waals surface area contributed by atoms with E-state index >= 15 is 0 Å². The maximum Gasteiger partial charge on any atom is 0.349 e. The zero-order valence-electron chi connectivity index (χ0n) is 16.7. The summed E-state index contributed by atoms with van der Waals surface area (Å²) in [5.74, 6) is 0.251. The molecule has 1 aromatic heterocycles. The van der Waals surface area contributed by atoms with Gasteiger partial charge in [-0.05, 0) is 56.1 Å². The van der Waals surface area contributed by atoms with Gasteiger partial charge in [-0.15, -0.1) is 12.4 Å². The molecule has 0 radical (unpaired) electrons. The minimum atomic E-state index is -0.627. The number of piperidine rings is 1. The van der Waals surface area contributed by atoms with Gasteiger partial charge in [-0.2, -0.15) is 0 Å². The minimum absolute atomic E-state index is 0. The molecule has 8 nitrogen and oxygen atoms in total. The summed E-state index contributed by atoms with van der Waals surface area (Å²) in [6.07, 6.45) is 1.98. The van der Waals surface area contributed by atoms with Crippen molar-refractivity contribution in [1.82, 2.24) is 10.6 Å². The van der Waals surface area contributed by atoms with Crippen LogP contribution in [-0.4, -0.2) is 38.1 Å². The van der Waals surface area contributed by atoms with E-state index in [4.69, 9.17) is 4.42 Å². The summed E-state index contributed by atoms with van der Waals surface area (Å²) in [7, 11) is 0. The van der Waals surface area contributed by atoms with Crippen molar-refractivity contribution in [1.29, 1.82) is 0 Å². The second-order valence-corrected chi connectivity index (χ2v) is 7.43. The zero-order valence-corrected chi connectivity index (χ0v) is 17.5. The first-order chi connectivity index (χ1) is 14.0. The van der Waals surface area contributed by atoms with Gasteiger partial charge in [0.05, 0.1) is 0 Å². The number of halogens is 1. The Hall–Kier alpha value is -2.84. The van der Waals surface area contributed by atoms with E-state index in [2.05, 4.69) is 16.0 Å². The maximum absolute atomic E-state index is 12.8. The van der Waals surface area contributed by atoms with Crippen LogP contribution in [0.2, 0.25) is 0 Å². The number of anilines is 2. The highest BCUT2D eigenvalue weighted by molar-refractivity contribution is 6.05. The number of urea groups is 1. The molecule has 9 heteroatoms.